The van der Waals surface area contributed by atoms with Crippen LogP contribution in [0.1, 0.15) is 65.5 Å². The Hall–Kier alpha value is -3.81. The molecule has 5 rings (SSSR count). The number of pyridine rings is 1. The van der Waals surface area contributed by atoms with Crippen LogP contribution in [0.25, 0.3) is 11.1 Å². The highest BCUT2D eigenvalue weighted by Gasteiger charge is 2.34. The number of rotatable bonds is 5. The minimum absolute atomic E-state index is 0.0551. The summed E-state index contributed by atoms with van der Waals surface area (Å²) in [5.41, 5.74) is 2.12. The summed E-state index contributed by atoms with van der Waals surface area (Å²) in [6.45, 7) is 1.52. The number of aromatic nitrogens is 3. The summed E-state index contributed by atoms with van der Waals surface area (Å²) < 4.78 is 56.4. The number of nitrogens with zero attached hydrogens (tertiary/aromatic N) is 3. The van der Waals surface area contributed by atoms with Gasteiger partial charge in [0, 0.05) is 17.3 Å². The van der Waals surface area contributed by atoms with Gasteiger partial charge in [-0.2, -0.15) is 18.3 Å². The van der Waals surface area contributed by atoms with Gasteiger partial charge < -0.3 is 0 Å². The lowest BCUT2D eigenvalue weighted by Gasteiger charge is -2.31. The van der Waals surface area contributed by atoms with Crippen LogP contribution >= 0.6 is 0 Å². The lowest BCUT2D eigenvalue weighted by atomic mass is 9.74. The lowest BCUT2D eigenvalue weighted by molar-refractivity contribution is -0.138. The zero-order valence-electron chi connectivity index (χ0n) is 20.9. The highest BCUT2D eigenvalue weighted by molar-refractivity contribution is 5.66. The van der Waals surface area contributed by atoms with E-state index in [0.717, 1.165) is 27.4 Å². The average Bonchev–Trinajstić information content (AvgIpc) is 2.90. The molecule has 1 aliphatic rings. The molecule has 1 saturated carbocycles. The third-order valence-electron chi connectivity index (χ3n) is 7.48. The molecule has 1 aliphatic carbocycles. The second kappa shape index (κ2) is 10.5. The van der Waals surface area contributed by atoms with Gasteiger partial charge in [-0.1, -0.05) is 42.5 Å². The molecule has 8 heteroatoms. The first-order valence-corrected chi connectivity index (χ1v) is 12.7. The molecule has 196 valence electrons. The largest absolute Gasteiger partial charge is 0.418 e. The topological polar surface area (TPSA) is 47.8 Å². The third kappa shape index (κ3) is 5.12. The van der Waals surface area contributed by atoms with E-state index in [1.165, 1.54) is 18.3 Å². The number of aryl methyl sites for hydroxylation is 1. The quantitative estimate of drug-likeness (QED) is 0.260. The Kier molecular flexibility index (Phi) is 7.15. The van der Waals surface area contributed by atoms with Gasteiger partial charge in [0.1, 0.15) is 5.82 Å². The van der Waals surface area contributed by atoms with E-state index in [1.807, 2.05) is 43.3 Å². The smallest absolute Gasteiger partial charge is 0.267 e. The van der Waals surface area contributed by atoms with Crippen molar-refractivity contribution in [2.24, 2.45) is 0 Å². The van der Waals surface area contributed by atoms with Crippen LogP contribution in [0.15, 0.2) is 77.9 Å². The number of benzene rings is 2. The minimum atomic E-state index is -4.59. The van der Waals surface area contributed by atoms with Gasteiger partial charge in [-0.15, -0.1) is 0 Å². The molecule has 2 heterocycles. The lowest BCUT2D eigenvalue weighted by Crippen LogP contribution is -2.31. The zero-order valence-corrected chi connectivity index (χ0v) is 20.9. The molecule has 0 saturated heterocycles. The van der Waals surface area contributed by atoms with Crippen LogP contribution in [0.4, 0.5) is 17.6 Å². The number of alkyl halides is 3. The van der Waals surface area contributed by atoms with Gasteiger partial charge in [-0.25, -0.2) is 9.07 Å². The van der Waals surface area contributed by atoms with Gasteiger partial charge in [-0.3, -0.25) is 9.78 Å². The average molecular weight is 522 g/mol. The predicted molar refractivity (Wildman–Crippen MR) is 137 cm³/mol. The van der Waals surface area contributed by atoms with E-state index >= 15 is 0 Å². The molecular formula is C30H27F4N3O. The number of hydrogen-bond donors (Lipinski definition) is 0. The van der Waals surface area contributed by atoms with Gasteiger partial charge in [0.05, 0.1) is 24.0 Å². The molecule has 1 fully saturated rings. The van der Waals surface area contributed by atoms with E-state index in [2.05, 4.69) is 10.1 Å². The van der Waals surface area contributed by atoms with Crippen LogP contribution in [0.2, 0.25) is 0 Å². The second-order valence-corrected chi connectivity index (χ2v) is 9.82. The highest BCUT2D eigenvalue weighted by Crippen LogP contribution is 2.43. The van der Waals surface area contributed by atoms with Crippen LogP contribution in [0.3, 0.4) is 0 Å². The molecule has 4 nitrogen and oxygen atoms in total. The van der Waals surface area contributed by atoms with Crippen LogP contribution < -0.4 is 5.56 Å². The molecule has 2 aromatic heterocycles. The molecular weight excluding hydrogens is 494 g/mol. The molecule has 38 heavy (non-hydrogen) atoms. The fourth-order valence-corrected chi connectivity index (χ4v) is 5.66. The minimum Gasteiger partial charge on any atom is -0.267 e. The maximum Gasteiger partial charge on any atom is 0.418 e. The number of halogens is 4. The molecule has 2 aromatic carbocycles. The van der Waals surface area contributed by atoms with Crippen molar-refractivity contribution in [1.82, 2.24) is 14.8 Å². The Morgan fingerprint density at radius 2 is 1.58 bits per heavy atom. The molecule has 0 spiro atoms. The van der Waals surface area contributed by atoms with Crippen molar-refractivity contribution in [3.63, 3.8) is 0 Å². The van der Waals surface area contributed by atoms with Crippen LogP contribution in [-0.4, -0.2) is 14.8 Å². The Labute approximate surface area is 218 Å². The van der Waals surface area contributed by atoms with Crippen molar-refractivity contribution in [1.29, 1.82) is 0 Å². The first-order valence-electron chi connectivity index (χ1n) is 12.7. The summed E-state index contributed by atoms with van der Waals surface area (Å²) in [5.74, 6) is -0.277. The molecule has 4 aromatic rings. The van der Waals surface area contributed by atoms with E-state index in [1.54, 1.807) is 12.3 Å². The Morgan fingerprint density at radius 1 is 0.895 bits per heavy atom. The Balaban J connectivity index is 1.52. The zero-order chi connectivity index (χ0) is 26.9. The van der Waals surface area contributed by atoms with Crippen LogP contribution in [0.5, 0.6) is 0 Å². The summed E-state index contributed by atoms with van der Waals surface area (Å²) >= 11 is 0. The standard InChI is InChI=1S/C30H27F4N3O/c1-19-7-5-11-25(31)27(19)21-12-14-22(15-13-21)28-23(20-8-3-2-4-9-20)17-36-37(29(28)38)18-26-24(30(32,33)34)10-6-16-35-26/h2-11,16-17,21-22H,12-15,18H2,1H3. The maximum absolute atomic E-state index is 14.6. The molecule has 0 aliphatic heterocycles. The highest BCUT2D eigenvalue weighted by atomic mass is 19.4. The Morgan fingerprint density at radius 3 is 2.24 bits per heavy atom. The normalized spacial score (nSPS) is 17.9. The fraction of sp³-hybridized carbons (Fsp3) is 0.300. The molecule has 0 radical (unpaired) electrons. The molecule has 0 unspecified atom stereocenters. The van der Waals surface area contributed by atoms with Gasteiger partial charge >= 0.3 is 6.18 Å². The molecule has 0 bridgehead atoms. The van der Waals surface area contributed by atoms with E-state index in [4.69, 9.17) is 0 Å². The SMILES string of the molecule is Cc1cccc(F)c1C1CCC(c2c(-c3ccccc3)cnn(Cc3ncccc3C(F)(F)F)c2=O)CC1. The third-order valence-corrected chi connectivity index (χ3v) is 7.48. The van der Waals surface area contributed by atoms with Crippen LogP contribution in [-0.2, 0) is 12.7 Å². The summed E-state index contributed by atoms with van der Waals surface area (Å²) in [6.07, 6.45) is 0.991. The fourth-order valence-electron chi connectivity index (χ4n) is 5.66. The Bertz CT molecular complexity index is 1470. The van der Waals surface area contributed by atoms with Gasteiger partial charge in [0.25, 0.3) is 5.56 Å². The summed E-state index contributed by atoms with van der Waals surface area (Å²) in [4.78, 5) is 17.7. The van der Waals surface area contributed by atoms with Crippen molar-refractivity contribution in [3.8, 4) is 11.1 Å². The van der Waals surface area contributed by atoms with E-state index < -0.39 is 17.3 Å². The summed E-state index contributed by atoms with van der Waals surface area (Å²) in [5, 5.41) is 4.26. The molecule has 0 atom stereocenters. The van der Waals surface area contributed by atoms with Crippen molar-refractivity contribution in [2.45, 2.75) is 57.2 Å². The van der Waals surface area contributed by atoms with Crippen molar-refractivity contribution < 1.29 is 17.6 Å². The van der Waals surface area contributed by atoms with Crippen LogP contribution in [0, 0.1) is 12.7 Å². The first kappa shape index (κ1) is 25.8. The summed E-state index contributed by atoms with van der Waals surface area (Å²) in [7, 11) is 0. The van der Waals surface area contributed by atoms with Crippen molar-refractivity contribution in [2.75, 3.05) is 0 Å². The van der Waals surface area contributed by atoms with Gasteiger partial charge in [0.2, 0.25) is 0 Å². The van der Waals surface area contributed by atoms with Gasteiger partial charge in [0.15, 0.2) is 0 Å². The first-order chi connectivity index (χ1) is 18.2. The second-order valence-electron chi connectivity index (χ2n) is 9.82. The molecule has 0 amide bonds. The maximum atomic E-state index is 14.6. The van der Waals surface area contributed by atoms with Crippen molar-refractivity contribution >= 4 is 0 Å². The van der Waals surface area contributed by atoms with E-state index in [9.17, 15) is 22.4 Å². The van der Waals surface area contributed by atoms with E-state index in [0.29, 0.717) is 36.8 Å². The van der Waals surface area contributed by atoms with Crippen molar-refractivity contribution in [3.05, 3.63) is 117 Å². The van der Waals surface area contributed by atoms with E-state index in [-0.39, 0.29) is 29.9 Å². The summed E-state index contributed by atoms with van der Waals surface area (Å²) in [6, 6.07) is 16.7. The monoisotopic (exact) mass is 521 g/mol. The van der Waals surface area contributed by atoms with Gasteiger partial charge in [-0.05, 0) is 79.3 Å². The molecule has 0 N–H and O–H groups in total. The number of hydrogen-bond acceptors (Lipinski definition) is 3. The predicted octanol–water partition coefficient (Wildman–Crippen LogP) is 7.26.